The lowest BCUT2D eigenvalue weighted by Crippen LogP contribution is -2.02. The lowest BCUT2D eigenvalue weighted by molar-refractivity contribution is 0.103. The van der Waals surface area contributed by atoms with Crippen molar-refractivity contribution in [2.24, 2.45) is 4.99 Å². The van der Waals surface area contributed by atoms with Crippen LogP contribution in [-0.2, 0) is 0 Å². The normalized spacial score (nSPS) is 11.0. The molecule has 0 aromatic heterocycles. The monoisotopic (exact) mass is 399 g/mol. The van der Waals surface area contributed by atoms with Gasteiger partial charge in [0.15, 0.2) is 5.78 Å². The van der Waals surface area contributed by atoms with Gasteiger partial charge in [-0.05, 0) is 54.3 Å². The third kappa shape index (κ3) is 4.36. The summed E-state index contributed by atoms with van der Waals surface area (Å²) in [5.74, 6) is -0.206. The van der Waals surface area contributed by atoms with Crippen molar-refractivity contribution in [3.05, 3.63) is 93.5 Å². The summed E-state index contributed by atoms with van der Waals surface area (Å²) >= 11 is 14.0. The number of hydrogen-bond acceptors (Lipinski definition) is 3. The lowest BCUT2D eigenvalue weighted by Gasteiger charge is -2.07. The van der Waals surface area contributed by atoms with Gasteiger partial charge >= 0.3 is 0 Å². The standard InChI is InChI=1S/C21H15Cl2NOS/c1-26-16-9-6-14(7-10-16)13-24-20-11-8-15(22)12-18(20)21(25)17-4-2-3-5-19(17)23/h2-13H,1H3. The van der Waals surface area contributed by atoms with Gasteiger partial charge in [-0.1, -0.05) is 47.5 Å². The van der Waals surface area contributed by atoms with Gasteiger partial charge in [0.05, 0.1) is 10.7 Å². The van der Waals surface area contributed by atoms with E-state index in [0.717, 1.165) is 5.56 Å². The van der Waals surface area contributed by atoms with E-state index < -0.39 is 0 Å². The Hall–Kier alpha value is -2.07. The highest BCUT2D eigenvalue weighted by molar-refractivity contribution is 7.98. The molecule has 5 heteroatoms. The fourth-order valence-corrected chi connectivity index (χ4v) is 3.23. The molecule has 0 aliphatic heterocycles. The largest absolute Gasteiger partial charge is 0.288 e. The SMILES string of the molecule is CSc1ccc(C=Nc2ccc(Cl)cc2C(=O)c2ccccc2Cl)cc1. The predicted molar refractivity (Wildman–Crippen MR) is 112 cm³/mol. The summed E-state index contributed by atoms with van der Waals surface area (Å²) in [6.07, 6.45) is 3.76. The van der Waals surface area contributed by atoms with Gasteiger partial charge in [-0.3, -0.25) is 9.79 Å². The first-order chi connectivity index (χ1) is 12.6. The Morgan fingerprint density at radius 2 is 1.69 bits per heavy atom. The van der Waals surface area contributed by atoms with Crippen LogP contribution in [0.15, 0.2) is 76.6 Å². The van der Waals surface area contributed by atoms with Crippen LogP contribution in [0.2, 0.25) is 10.0 Å². The van der Waals surface area contributed by atoms with Gasteiger partial charge in [-0.2, -0.15) is 0 Å². The van der Waals surface area contributed by atoms with E-state index in [-0.39, 0.29) is 5.78 Å². The van der Waals surface area contributed by atoms with E-state index in [1.54, 1.807) is 60.4 Å². The molecule has 0 atom stereocenters. The summed E-state index contributed by atoms with van der Waals surface area (Å²) in [4.78, 5) is 18.6. The molecule has 0 unspecified atom stereocenters. The van der Waals surface area contributed by atoms with Gasteiger partial charge in [0.2, 0.25) is 0 Å². The molecule has 0 aliphatic rings. The van der Waals surface area contributed by atoms with Crippen LogP contribution in [0.25, 0.3) is 0 Å². The van der Waals surface area contributed by atoms with E-state index in [9.17, 15) is 4.79 Å². The molecule has 26 heavy (non-hydrogen) atoms. The van der Waals surface area contributed by atoms with Gasteiger partial charge in [-0.15, -0.1) is 11.8 Å². The zero-order valence-electron chi connectivity index (χ0n) is 13.9. The van der Waals surface area contributed by atoms with Gasteiger partial charge in [0.1, 0.15) is 0 Å². The maximum absolute atomic E-state index is 12.9. The second-order valence-corrected chi connectivity index (χ2v) is 7.23. The molecule has 0 N–H and O–H groups in total. The summed E-state index contributed by atoms with van der Waals surface area (Å²) in [5.41, 5.74) is 2.35. The van der Waals surface area contributed by atoms with Crippen molar-refractivity contribution in [1.82, 2.24) is 0 Å². The molecular weight excluding hydrogens is 385 g/mol. The van der Waals surface area contributed by atoms with E-state index in [2.05, 4.69) is 4.99 Å². The molecule has 2 nitrogen and oxygen atoms in total. The molecule has 0 bridgehead atoms. The highest BCUT2D eigenvalue weighted by Crippen LogP contribution is 2.28. The van der Waals surface area contributed by atoms with Gasteiger partial charge in [0.25, 0.3) is 0 Å². The maximum Gasteiger partial charge on any atom is 0.196 e. The van der Waals surface area contributed by atoms with Gasteiger partial charge in [0, 0.05) is 27.3 Å². The number of carbonyl (C=O) groups excluding carboxylic acids is 1. The number of rotatable bonds is 5. The summed E-state index contributed by atoms with van der Waals surface area (Å²) in [5, 5.41) is 0.878. The molecule has 0 saturated heterocycles. The summed E-state index contributed by atoms with van der Waals surface area (Å²) in [7, 11) is 0. The van der Waals surface area contributed by atoms with Crippen LogP contribution in [0.1, 0.15) is 21.5 Å². The molecule has 0 heterocycles. The molecule has 3 rings (SSSR count). The quantitative estimate of drug-likeness (QED) is 0.271. The Bertz CT molecular complexity index is 968. The topological polar surface area (TPSA) is 29.4 Å². The van der Waals surface area contributed by atoms with Crippen molar-refractivity contribution in [2.75, 3.05) is 6.26 Å². The fraction of sp³-hybridized carbons (Fsp3) is 0.0476. The van der Waals surface area contributed by atoms with E-state index in [4.69, 9.17) is 23.2 Å². The zero-order chi connectivity index (χ0) is 18.5. The smallest absolute Gasteiger partial charge is 0.196 e. The van der Waals surface area contributed by atoms with Crippen LogP contribution in [-0.4, -0.2) is 18.3 Å². The summed E-state index contributed by atoms with van der Waals surface area (Å²) in [6.45, 7) is 0. The summed E-state index contributed by atoms with van der Waals surface area (Å²) in [6, 6.07) is 20.1. The van der Waals surface area contributed by atoms with Crippen LogP contribution >= 0.6 is 35.0 Å². The van der Waals surface area contributed by atoms with Gasteiger partial charge < -0.3 is 0 Å². The van der Waals surface area contributed by atoms with Crippen LogP contribution in [0.5, 0.6) is 0 Å². The Morgan fingerprint density at radius 3 is 2.38 bits per heavy atom. The number of carbonyl (C=O) groups is 1. The zero-order valence-corrected chi connectivity index (χ0v) is 16.3. The maximum atomic E-state index is 12.9. The van der Waals surface area contributed by atoms with Crippen LogP contribution in [0.4, 0.5) is 5.69 Å². The Kier molecular flexibility index (Phi) is 6.15. The third-order valence-electron chi connectivity index (χ3n) is 3.79. The minimum atomic E-state index is -0.206. The molecule has 130 valence electrons. The summed E-state index contributed by atoms with van der Waals surface area (Å²) < 4.78 is 0. The Labute approximate surface area is 166 Å². The number of benzene rings is 3. The van der Waals surface area contributed by atoms with E-state index in [0.29, 0.717) is 26.9 Å². The van der Waals surface area contributed by atoms with Gasteiger partial charge in [-0.25, -0.2) is 0 Å². The number of aliphatic imine (C=N–C) groups is 1. The highest BCUT2D eigenvalue weighted by Gasteiger charge is 2.16. The van der Waals surface area contributed by atoms with E-state index >= 15 is 0 Å². The van der Waals surface area contributed by atoms with Crippen molar-refractivity contribution < 1.29 is 4.79 Å². The second-order valence-electron chi connectivity index (χ2n) is 5.50. The van der Waals surface area contributed by atoms with Crippen LogP contribution in [0.3, 0.4) is 0 Å². The predicted octanol–water partition coefficient (Wildman–Crippen LogP) is 6.70. The van der Waals surface area contributed by atoms with Crippen molar-refractivity contribution in [3.63, 3.8) is 0 Å². The molecule has 3 aromatic rings. The van der Waals surface area contributed by atoms with Crippen molar-refractivity contribution >= 4 is 52.6 Å². The van der Waals surface area contributed by atoms with E-state index in [1.165, 1.54) is 4.90 Å². The minimum Gasteiger partial charge on any atom is -0.288 e. The third-order valence-corrected chi connectivity index (χ3v) is 5.10. The number of ketones is 1. The average Bonchev–Trinajstić information content (AvgIpc) is 2.67. The molecule has 0 radical (unpaired) electrons. The Balaban J connectivity index is 1.96. The number of hydrogen-bond donors (Lipinski definition) is 0. The molecular formula is C21H15Cl2NOS. The van der Waals surface area contributed by atoms with Crippen molar-refractivity contribution in [2.45, 2.75) is 4.90 Å². The fourth-order valence-electron chi connectivity index (χ4n) is 2.43. The number of thioether (sulfide) groups is 1. The van der Waals surface area contributed by atoms with Crippen LogP contribution < -0.4 is 0 Å². The minimum absolute atomic E-state index is 0.206. The molecule has 0 aliphatic carbocycles. The number of halogens is 2. The first kappa shape index (κ1) is 18.7. The molecule has 0 fully saturated rings. The van der Waals surface area contributed by atoms with Crippen molar-refractivity contribution in [1.29, 1.82) is 0 Å². The first-order valence-electron chi connectivity index (χ1n) is 7.85. The molecule has 0 saturated carbocycles. The highest BCUT2D eigenvalue weighted by atomic mass is 35.5. The van der Waals surface area contributed by atoms with Crippen molar-refractivity contribution in [3.8, 4) is 0 Å². The molecule has 0 spiro atoms. The molecule has 0 amide bonds. The lowest BCUT2D eigenvalue weighted by atomic mass is 10.0. The number of nitrogens with zero attached hydrogens (tertiary/aromatic N) is 1. The second kappa shape index (κ2) is 8.54. The first-order valence-corrected chi connectivity index (χ1v) is 9.83. The van der Waals surface area contributed by atoms with E-state index in [1.807, 2.05) is 30.5 Å². The molecule has 3 aromatic carbocycles. The Morgan fingerprint density at radius 1 is 0.962 bits per heavy atom. The van der Waals surface area contributed by atoms with Crippen LogP contribution in [0, 0.1) is 0 Å². The average molecular weight is 400 g/mol.